The van der Waals surface area contributed by atoms with Gasteiger partial charge in [-0.2, -0.15) is 4.31 Å². The molecule has 2 aromatic rings. The van der Waals surface area contributed by atoms with Crippen molar-refractivity contribution in [2.45, 2.75) is 43.4 Å². The summed E-state index contributed by atoms with van der Waals surface area (Å²) in [6.45, 7) is 0.651. The summed E-state index contributed by atoms with van der Waals surface area (Å²) < 4.78 is 45.0. The molecule has 1 aliphatic rings. The Morgan fingerprint density at radius 3 is 2.19 bits per heavy atom. The summed E-state index contributed by atoms with van der Waals surface area (Å²) in [6.07, 6.45) is 4.27. The second-order valence-corrected chi connectivity index (χ2v) is 9.62. The molecule has 1 fully saturated rings. The number of benzene rings is 2. The molecule has 0 aliphatic carbocycles. The Hall–Kier alpha value is -2.78. The predicted molar refractivity (Wildman–Crippen MR) is 118 cm³/mol. The highest BCUT2D eigenvalue weighted by atomic mass is 32.2. The van der Waals surface area contributed by atoms with Crippen LogP contribution >= 0.6 is 0 Å². The second-order valence-electron chi connectivity index (χ2n) is 7.68. The van der Waals surface area contributed by atoms with Gasteiger partial charge in [0.2, 0.25) is 10.0 Å². The zero-order valence-electron chi connectivity index (χ0n) is 17.8. The van der Waals surface area contributed by atoms with Crippen LogP contribution in [0.15, 0.2) is 53.4 Å². The lowest BCUT2D eigenvalue weighted by Gasteiger charge is -2.20. The van der Waals surface area contributed by atoms with E-state index in [0.29, 0.717) is 25.2 Å². The van der Waals surface area contributed by atoms with Gasteiger partial charge in [0.15, 0.2) is 6.61 Å². The zero-order valence-corrected chi connectivity index (χ0v) is 18.6. The number of carbonyl (C=O) groups is 2. The molecule has 0 atom stereocenters. The van der Waals surface area contributed by atoms with E-state index in [4.69, 9.17) is 4.74 Å². The minimum Gasteiger partial charge on any atom is -0.456 e. The van der Waals surface area contributed by atoms with E-state index >= 15 is 0 Å². The first-order chi connectivity index (χ1) is 15.3. The quantitative estimate of drug-likeness (QED) is 0.606. The first kappa shape index (κ1) is 23.9. The number of carbonyl (C=O) groups excluding carboxylic acids is 2. The Morgan fingerprint density at radius 1 is 0.938 bits per heavy atom. The van der Waals surface area contributed by atoms with Gasteiger partial charge >= 0.3 is 5.97 Å². The molecule has 2 aromatic carbocycles. The molecule has 1 N–H and O–H groups in total. The van der Waals surface area contributed by atoms with Crippen LogP contribution in [0, 0.1) is 5.82 Å². The number of amides is 1. The van der Waals surface area contributed by atoms with E-state index in [1.807, 2.05) is 0 Å². The summed E-state index contributed by atoms with van der Waals surface area (Å²) in [5.74, 6) is -1.48. The van der Waals surface area contributed by atoms with E-state index in [0.717, 1.165) is 31.2 Å². The third kappa shape index (κ3) is 6.86. The smallest absolute Gasteiger partial charge is 0.306 e. The maximum atomic E-state index is 12.9. The lowest BCUT2D eigenvalue weighted by atomic mass is 10.1. The molecule has 0 spiro atoms. The Bertz CT molecular complexity index is 1020. The average Bonchev–Trinajstić information content (AvgIpc) is 3.08. The molecule has 172 valence electrons. The summed E-state index contributed by atoms with van der Waals surface area (Å²) in [4.78, 5) is 24.0. The number of nitrogens with one attached hydrogen (secondary N) is 1. The summed E-state index contributed by atoms with van der Waals surface area (Å²) >= 11 is 0. The monoisotopic (exact) mass is 462 g/mol. The molecule has 0 radical (unpaired) electrons. The van der Waals surface area contributed by atoms with Crippen LogP contribution in [0.1, 0.15) is 37.7 Å². The number of anilines is 1. The Balaban J connectivity index is 1.44. The number of aryl methyl sites for hydroxylation is 1. The standard InChI is InChI=1S/C23H27FN2O5S/c24-19-8-10-20(11-9-19)25-22(27)17-31-23(28)14-7-18-5-12-21(13-6-18)32(29,30)26-15-3-1-2-4-16-26/h5-6,8-13H,1-4,7,14-17H2,(H,25,27). The van der Waals surface area contributed by atoms with Crippen molar-refractivity contribution in [1.82, 2.24) is 4.31 Å². The van der Waals surface area contributed by atoms with Gasteiger partial charge in [-0.1, -0.05) is 25.0 Å². The lowest BCUT2D eigenvalue weighted by molar-refractivity contribution is -0.147. The van der Waals surface area contributed by atoms with Crippen LogP contribution in [0.25, 0.3) is 0 Å². The van der Waals surface area contributed by atoms with E-state index < -0.39 is 34.3 Å². The van der Waals surface area contributed by atoms with Gasteiger partial charge in [-0.3, -0.25) is 9.59 Å². The average molecular weight is 463 g/mol. The number of hydrogen-bond acceptors (Lipinski definition) is 5. The molecule has 0 aromatic heterocycles. The number of esters is 1. The molecule has 1 heterocycles. The number of halogens is 1. The van der Waals surface area contributed by atoms with Crippen LogP contribution in [0.3, 0.4) is 0 Å². The van der Waals surface area contributed by atoms with Crippen LogP contribution in [-0.2, 0) is 30.8 Å². The van der Waals surface area contributed by atoms with Crippen molar-refractivity contribution in [2.75, 3.05) is 25.0 Å². The maximum absolute atomic E-state index is 12.9. The first-order valence-electron chi connectivity index (χ1n) is 10.6. The van der Waals surface area contributed by atoms with Gasteiger partial charge in [-0.05, 0) is 61.2 Å². The fourth-order valence-electron chi connectivity index (χ4n) is 3.45. The summed E-state index contributed by atoms with van der Waals surface area (Å²) in [6, 6.07) is 11.8. The number of sulfonamides is 1. The molecular formula is C23H27FN2O5S. The molecule has 9 heteroatoms. The summed E-state index contributed by atoms with van der Waals surface area (Å²) in [7, 11) is -3.50. The van der Waals surface area contributed by atoms with Gasteiger partial charge in [0, 0.05) is 25.2 Å². The minimum atomic E-state index is -3.50. The Kier molecular flexibility index (Phi) is 8.35. The number of rotatable bonds is 8. The maximum Gasteiger partial charge on any atom is 0.306 e. The molecule has 1 aliphatic heterocycles. The molecule has 0 bridgehead atoms. The van der Waals surface area contributed by atoms with Crippen molar-refractivity contribution in [3.05, 3.63) is 59.9 Å². The van der Waals surface area contributed by atoms with Crippen LogP contribution in [-0.4, -0.2) is 44.3 Å². The molecule has 1 amide bonds. The molecule has 1 saturated heterocycles. The van der Waals surface area contributed by atoms with Gasteiger partial charge in [-0.25, -0.2) is 12.8 Å². The summed E-state index contributed by atoms with van der Waals surface area (Å²) in [5.41, 5.74) is 1.20. The van der Waals surface area contributed by atoms with Crippen molar-refractivity contribution >= 4 is 27.6 Å². The number of nitrogens with zero attached hydrogens (tertiary/aromatic N) is 1. The van der Waals surface area contributed by atoms with E-state index in [-0.39, 0.29) is 11.3 Å². The van der Waals surface area contributed by atoms with Gasteiger partial charge < -0.3 is 10.1 Å². The van der Waals surface area contributed by atoms with Gasteiger partial charge in [0.1, 0.15) is 5.82 Å². The number of hydrogen-bond donors (Lipinski definition) is 1. The van der Waals surface area contributed by atoms with E-state index in [2.05, 4.69) is 5.32 Å². The SMILES string of the molecule is O=C(COC(=O)CCc1ccc(S(=O)(=O)N2CCCCCC2)cc1)Nc1ccc(F)cc1. The molecule has 0 saturated carbocycles. The lowest BCUT2D eigenvalue weighted by Crippen LogP contribution is -2.31. The van der Waals surface area contributed by atoms with Crippen molar-refractivity contribution in [3.8, 4) is 0 Å². The normalized spacial score (nSPS) is 15.0. The Labute approximate surface area is 187 Å². The molecule has 0 unspecified atom stereocenters. The van der Waals surface area contributed by atoms with E-state index in [1.165, 1.54) is 24.3 Å². The van der Waals surface area contributed by atoms with Crippen molar-refractivity contribution in [2.24, 2.45) is 0 Å². The highest BCUT2D eigenvalue weighted by Gasteiger charge is 2.24. The van der Waals surface area contributed by atoms with Crippen LogP contribution in [0.5, 0.6) is 0 Å². The first-order valence-corrected chi connectivity index (χ1v) is 12.1. The van der Waals surface area contributed by atoms with Gasteiger partial charge in [-0.15, -0.1) is 0 Å². The van der Waals surface area contributed by atoms with Crippen LogP contribution < -0.4 is 5.32 Å². The largest absolute Gasteiger partial charge is 0.456 e. The van der Waals surface area contributed by atoms with Gasteiger partial charge in [0.25, 0.3) is 5.91 Å². The fourth-order valence-corrected chi connectivity index (χ4v) is 4.97. The molecule has 7 nitrogen and oxygen atoms in total. The second kappa shape index (κ2) is 11.2. The van der Waals surface area contributed by atoms with E-state index in [1.54, 1.807) is 28.6 Å². The van der Waals surface area contributed by atoms with Crippen molar-refractivity contribution < 1.29 is 27.1 Å². The third-order valence-corrected chi connectivity index (χ3v) is 7.15. The fraction of sp³-hybridized carbons (Fsp3) is 0.391. The zero-order chi connectivity index (χ0) is 23.0. The highest BCUT2D eigenvalue weighted by molar-refractivity contribution is 7.89. The van der Waals surface area contributed by atoms with Crippen molar-refractivity contribution in [1.29, 1.82) is 0 Å². The minimum absolute atomic E-state index is 0.0576. The summed E-state index contributed by atoms with van der Waals surface area (Å²) in [5, 5.41) is 2.51. The van der Waals surface area contributed by atoms with Crippen LogP contribution in [0.4, 0.5) is 10.1 Å². The predicted octanol–water partition coefficient (Wildman–Crippen LogP) is 3.50. The molecular weight excluding hydrogens is 435 g/mol. The third-order valence-electron chi connectivity index (χ3n) is 5.24. The van der Waals surface area contributed by atoms with Crippen molar-refractivity contribution in [3.63, 3.8) is 0 Å². The highest BCUT2D eigenvalue weighted by Crippen LogP contribution is 2.21. The topological polar surface area (TPSA) is 92.8 Å². The number of ether oxygens (including phenoxy) is 1. The molecule has 32 heavy (non-hydrogen) atoms. The Morgan fingerprint density at radius 2 is 1.56 bits per heavy atom. The molecule has 3 rings (SSSR count). The van der Waals surface area contributed by atoms with Crippen LogP contribution in [0.2, 0.25) is 0 Å². The van der Waals surface area contributed by atoms with E-state index in [9.17, 15) is 22.4 Å². The van der Waals surface area contributed by atoms with Gasteiger partial charge in [0.05, 0.1) is 4.90 Å².